The van der Waals surface area contributed by atoms with Gasteiger partial charge in [-0.15, -0.1) is 0 Å². The van der Waals surface area contributed by atoms with Crippen molar-refractivity contribution in [2.75, 3.05) is 26.2 Å². The number of aromatic nitrogens is 3. The van der Waals surface area contributed by atoms with Crippen LogP contribution in [0.25, 0.3) is 5.82 Å². The molecule has 0 aliphatic carbocycles. The largest absolute Gasteiger partial charge is 0.417 e. The summed E-state index contributed by atoms with van der Waals surface area (Å²) in [6.45, 7) is 9.75. The Hall–Kier alpha value is -3.20. The first-order chi connectivity index (χ1) is 16.6. The quantitative estimate of drug-likeness (QED) is 0.507. The molecule has 186 valence electrons. The monoisotopic (exact) mass is 485 g/mol. The van der Waals surface area contributed by atoms with Crippen molar-refractivity contribution in [1.82, 2.24) is 24.6 Å². The fraction of sp³-hybridized carbons (Fsp3) is 0.423. The second kappa shape index (κ2) is 10.2. The maximum absolute atomic E-state index is 13.5. The molecule has 2 aromatic heterocycles. The molecule has 1 aliphatic heterocycles. The first-order valence-corrected chi connectivity index (χ1v) is 11.8. The number of hydrogen-bond acceptors (Lipinski definition) is 4. The van der Waals surface area contributed by atoms with Gasteiger partial charge in [0.1, 0.15) is 0 Å². The fourth-order valence-electron chi connectivity index (χ4n) is 4.47. The summed E-state index contributed by atoms with van der Waals surface area (Å²) < 4.78 is 40.3. The third-order valence-corrected chi connectivity index (χ3v) is 6.41. The van der Waals surface area contributed by atoms with E-state index in [2.05, 4.69) is 34.0 Å². The van der Waals surface area contributed by atoms with E-state index in [0.29, 0.717) is 24.3 Å². The molecular formula is C26H30F3N5O. The minimum absolute atomic E-state index is 0.0786. The van der Waals surface area contributed by atoms with Crippen molar-refractivity contribution >= 4 is 5.91 Å². The average molecular weight is 486 g/mol. The Kier molecular flexibility index (Phi) is 7.25. The number of alkyl halides is 3. The van der Waals surface area contributed by atoms with Crippen LogP contribution < -0.4 is 0 Å². The van der Waals surface area contributed by atoms with Gasteiger partial charge >= 0.3 is 6.18 Å². The lowest BCUT2D eigenvalue weighted by Crippen LogP contribution is -2.35. The second-order valence-corrected chi connectivity index (χ2v) is 9.26. The van der Waals surface area contributed by atoms with Gasteiger partial charge in [-0.3, -0.25) is 9.69 Å². The number of carbonyl (C=O) groups excluding carboxylic acids is 1. The van der Waals surface area contributed by atoms with Gasteiger partial charge in [0.2, 0.25) is 0 Å². The summed E-state index contributed by atoms with van der Waals surface area (Å²) in [7, 11) is 0. The molecule has 1 aliphatic rings. The third kappa shape index (κ3) is 5.56. The van der Waals surface area contributed by atoms with E-state index < -0.39 is 11.7 Å². The number of amides is 1. The molecular weight excluding hydrogens is 455 g/mol. The van der Waals surface area contributed by atoms with Crippen molar-refractivity contribution in [3.63, 3.8) is 0 Å². The highest BCUT2D eigenvalue weighted by molar-refractivity contribution is 5.95. The van der Waals surface area contributed by atoms with Crippen molar-refractivity contribution < 1.29 is 18.0 Å². The van der Waals surface area contributed by atoms with E-state index in [4.69, 9.17) is 0 Å². The summed E-state index contributed by atoms with van der Waals surface area (Å²) in [6.07, 6.45) is -1.30. The number of benzene rings is 1. The SMILES string of the molecule is Cc1ccccc1CN1CCCN(C(=O)c2cnn(-c3ccc(C(F)(F)F)cn3)c2C(C)C)CC1. The molecule has 1 aromatic carbocycles. The van der Waals surface area contributed by atoms with E-state index in [1.165, 1.54) is 28.1 Å². The fourth-order valence-corrected chi connectivity index (χ4v) is 4.47. The molecule has 0 radical (unpaired) electrons. The lowest BCUT2D eigenvalue weighted by molar-refractivity contribution is -0.137. The molecule has 0 saturated carbocycles. The molecule has 0 unspecified atom stereocenters. The number of pyridine rings is 1. The zero-order valence-corrected chi connectivity index (χ0v) is 20.2. The molecule has 3 aromatic rings. The predicted octanol–water partition coefficient (Wildman–Crippen LogP) is 5.07. The van der Waals surface area contributed by atoms with Crippen LogP contribution in [0.5, 0.6) is 0 Å². The lowest BCUT2D eigenvalue weighted by Gasteiger charge is -2.23. The smallest absolute Gasteiger partial charge is 0.337 e. The number of halogens is 3. The lowest BCUT2D eigenvalue weighted by atomic mass is 10.0. The van der Waals surface area contributed by atoms with Crippen molar-refractivity contribution in [3.8, 4) is 5.82 Å². The van der Waals surface area contributed by atoms with Gasteiger partial charge in [-0.1, -0.05) is 38.1 Å². The number of carbonyl (C=O) groups is 1. The van der Waals surface area contributed by atoms with Gasteiger partial charge < -0.3 is 4.90 Å². The van der Waals surface area contributed by atoms with Crippen molar-refractivity contribution in [2.45, 2.75) is 45.8 Å². The molecule has 4 rings (SSSR count). The highest BCUT2D eigenvalue weighted by Crippen LogP contribution is 2.30. The van der Waals surface area contributed by atoms with E-state index in [1.807, 2.05) is 30.9 Å². The van der Waals surface area contributed by atoms with Crippen LogP contribution in [-0.2, 0) is 12.7 Å². The van der Waals surface area contributed by atoms with Crippen LogP contribution in [0.2, 0.25) is 0 Å². The van der Waals surface area contributed by atoms with Gasteiger partial charge in [0, 0.05) is 38.9 Å². The van der Waals surface area contributed by atoms with E-state index in [9.17, 15) is 18.0 Å². The summed E-state index contributed by atoms with van der Waals surface area (Å²) in [4.78, 5) is 21.7. The van der Waals surface area contributed by atoms with E-state index >= 15 is 0 Å². The molecule has 0 atom stereocenters. The molecule has 3 heterocycles. The summed E-state index contributed by atoms with van der Waals surface area (Å²) >= 11 is 0. The maximum Gasteiger partial charge on any atom is 0.417 e. The van der Waals surface area contributed by atoms with Crippen LogP contribution in [-0.4, -0.2) is 56.7 Å². The maximum atomic E-state index is 13.5. The molecule has 0 spiro atoms. The predicted molar refractivity (Wildman–Crippen MR) is 127 cm³/mol. The zero-order chi connectivity index (χ0) is 25.2. The standard InChI is InChI=1S/C26H30F3N5O/c1-18(2)24-22(16-31-34(24)23-10-9-21(15-30-23)26(27,28)29)25(35)33-12-6-11-32(13-14-33)17-20-8-5-4-7-19(20)3/h4-5,7-10,15-16,18H,6,11-14,17H2,1-3H3. The Morgan fingerprint density at radius 1 is 1.03 bits per heavy atom. The van der Waals surface area contributed by atoms with Crippen molar-refractivity contribution in [2.24, 2.45) is 0 Å². The molecule has 6 nitrogen and oxygen atoms in total. The zero-order valence-electron chi connectivity index (χ0n) is 20.2. The summed E-state index contributed by atoms with van der Waals surface area (Å²) in [5.74, 6) is 0.0655. The Labute approximate surface area is 203 Å². The number of aryl methyl sites for hydroxylation is 1. The Bertz CT molecular complexity index is 1170. The molecule has 1 fully saturated rings. The topological polar surface area (TPSA) is 54.3 Å². The molecule has 1 amide bonds. The summed E-state index contributed by atoms with van der Waals surface area (Å²) in [5.41, 5.74) is 2.84. The van der Waals surface area contributed by atoms with Crippen LogP contribution in [0.4, 0.5) is 13.2 Å². The number of rotatable bonds is 5. The first kappa shape index (κ1) is 24.9. The molecule has 35 heavy (non-hydrogen) atoms. The Morgan fingerprint density at radius 2 is 1.80 bits per heavy atom. The van der Waals surface area contributed by atoms with Crippen LogP contribution in [0.1, 0.15) is 58.9 Å². The van der Waals surface area contributed by atoms with Crippen molar-refractivity contribution in [3.05, 3.63) is 76.7 Å². The van der Waals surface area contributed by atoms with Gasteiger partial charge in [0.25, 0.3) is 5.91 Å². The molecule has 9 heteroatoms. The number of nitrogens with zero attached hydrogens (tertiary/aromatic N) is 5. The summed E-state index contributed by atoms with van der Waals surface area (Å²) in [6, 6.07) is 10.6. The first-order valence-electron chi connectivity index (χ1n) is 11.8. The highest BCUT2D eigenvalue weighted by atomic mass is 19.4. The molecule has 0 bridgehead atoms. The second-order valence-electron chi connectivity index (χ2n) is 9.26. The van der Waals surface area contributed by atoms with Gasteiger partial charge in [-0.2, -0.15) is 18.3 Å². The highest BCUT2D eigenvalue weighted by Gasteiger charge is 2.31. The van der Waals surface area contributed by atoms with Crippen molar-refractivity contribution in [1.29, 1.82) is 0 Å². The molecule has 1 saturated heterocycles. The van der Waals surface area contributed by atoms with Gasteiger partial charge in [-0.05, 0) is 42.5 Å². The van der Waals surface area contributed by atoms with E-state index in [1.54, 1.807) is 0 Å². The third-order valence-electron chi connectivity index (χ3n) is 6.41. The van der Waals surface area contributed by atoms with Crippen LogP contribution in [0, 0.1) is 6.92 Å². The van der Waals surface area contributed by atoms with Gasteiger partial charge in [0.15, 0.2) is 5.82 Å². The average Bonchev–Trinajstić information content (AvgIpc) is 3.14. The van der Waals surface area contributed by atoms with E-state index in [0.717, 1.165) is 38.3 Å². The van der Waals surface area contributed by atoms with Crippen LogP contribution >= 0.6 is 0 Å². The number of hydrogen-bond donors (Lipinski definition) is 0. The Morgan fingerprint density at radius 3 is 2.46 bits per heavy atom. The minimum atomic E-state index is -4.46. The Balaban J connectivity index is 1.51. The van der Waals surface area contributed by atoms with E-state index in [-0.39, 0.29) is 17.6 Å². The van der Waals surface area contributed by atoms with Gasteiger partial charge in [0.05, 0.1) is 23.0 Å². The minimum Gasteiger partial charge on any atom is -0.337 e. The van der Waals surface area contributed by atoms with Gasteiger partial charge in [-0.25, -0.2) is 9.67 Å². The molecule has 0 N–H and O–H groups in total. The normalized spacial score (nSPS) is 15.5. The van der Waals surface area contributed by atoms with Crippen LogP contribution in [0.3, 0.4) is 0 Å². The summed E-state index contributed by atoms with van der Waals surface area (Å²) in [5, 5.41) is 4.33. The van der Waals surface area contributed by atoms with Crippen LogP contribution in [0.15, 0.2) is 48.8 Å².